The van der Waals surface area contributed by atoms with Gasteiger partial charge in [0.2, 0.25) is 0 Å². The van der Waals surface area contributed by atoms with Gasteiger partial charge in [0.05, 0.1) is 12.2 Å². The summed E-state index contributed by atoms with van der Waals surface area (Å²) in [6.45, 7) is 2.27. The van der Waals surface area contributed by atoms with Crippen LogP contribution in [0.5, 0.6) is 0 Å². The molecule has 2 nitrogen and oxygen atoms in total. The molecule has 0 amide bonds. The normalized spacial score (nSPS) is 14.9. The van der Waals surface area contributed by atoms with Crippen molar-refractivity contribution >= 4 is 11.6 Å². The number of methoxy groups -OCH3 is 1. The molecule has 1 atom stereocenters. The number of ether oxygens (including phenoxy) is 1. The predicted octanol–water partition coefficient (Wildman–Crippen LogP) is 2.67. The fourth-order valence-electron chi connectivity index (χ4n) is 1.54. The molecule has 1 N–H and O–H groups in total. The van der Waals surface area contributed by atoms with E-state index in [4.69, 9.17) is 16.3 Å². The van der Waals surface area contributed by atoms with Gasteiger partial charge >= 0.3 is 0 Å². The second-order valence-electron chi connectivity index (χ2n) is 3.78. The Balaban J connectivity index is 2.79. The molecule has 0 bridgehead atoms. The Bertz CT molecular complexity index is 314. The second-order valence-corrected chi connectivity index (χ2v) is 4.19. The van der Waals surface area contributed by atoms with Crippen LogP contribution in [0.25, 0.3) is 0 Å². The molecule has 1 rings (SSSR count). The van der Waals surface area contributed by atoms with Gasteiger partial charge < -0.3 is 9.84 Å². The number of hydrogen-bond acceptors (Lipinski definition) is 2. The quantitative estimate of drug-likeness (QED) is 0.840. The van der Waals surface area contributed by atoms with Crippen LogP contribution in [0.2, 0.25) is 5.02 Å². The zero-order chi connectivity index (χ0) is 11.3. The molecule has 0 saturated heterocycles. The van der Waals surface area contributed by atoms with Crippen molar-refractivity contribution < 1.29 is 9.84 Å². The number of rotatable bonds is 5. The van der Waals surface area contributed by atoms with E-state index in [1.54, 1.807) is 7.11 Å². The summed E-state index contributed by atoms with van der Waals surface area (Å²) >= 11 is 6.04. The van der Waals surface area contributed by atoms with E-state index in [2.05, 4.69) is 0 Å². The van der Waals surface area contributed by atoms with Crippen LogP contribution in [0.1, 0.15) is 18.9 Å². The fourth-order valence-corrected chi connectivity index (χ4v) is 1.75. The second kappa shape index (κ2) is 5.50. The Morgan fingerprint density at radius 2 is 2.07 bits per heavy atom. The Morgan fingerprint density at radius 1 is 1.40 bits per heavy atom. The fraction of sp³-hybridized carbons (Fsp3) is 0.500. The summed E-state index contributed by atoms with van der Waals surface area (Å²) in [5.74, 6) is 0. The van der Waals surface area contributed by atoms with E-state index in [1.807, 2.05) is 31.2 Å². The van der Waals surface area contributed by atoms with Crippen molar-refractivity contribution in [2.24, 2.45) is 0 Å². The summed E-state index contributed by atoms with van der Waals surface area (Å²) in [5, 5.41) is 10.9. The van der Waals surface area contributed by atoms with Gasteiger partial charge in [0.15, 0.2) is 0 Å². The maximum Gasteiger partial charge on any atom is 0.0917 e. The van der Waals surface area contributed by atoms with Crippen molar-refractivity contribution in [3.8, 4) is 0 Å². The van der Waals surface area contributed by atoms with Gasteiger partial charge in [0.25, 0.3) is 0 Å². The molecule has 1 aromatic rings. The molecule has 0 spiro atoms. The number of halogens is 1. The van der Waals surface area contributed by atoms with Gasteiger partial charge in [0, 0.05) is 18.6 Å². The summed E-state index contributed by atoms with van der Waals surface area (Å²) in [5.41, 5.74) is 0.139. The number of benzene rings is 1. The molecule has 0 heterocycles. The molecule has 3 heteroatoms. The minimum atomic E-state index is -0.820. The lowest BCUT2D eigenvalue weighted by Crippen LogP contribution is -2.35. The summed E-state index contributed by atoms with van der Waals surface area (Å²) in [6.07, 6.45) is 1.17. The van der Waals surface area contributed by atoms with Crippen LogP contribution in [-0.2, 0) is 11.2 Å². The first kappa shape index (κ1) is 12.5. The highest BCUT2D eigenvalue weighted by molar-refractivity contribution is 6.31. The van der Waals surface area contributed by atoms with Gasteiger partial charge in [0.1, 0.15) is 0 Å². The van der Waals surface area contributed by atoms with Gasteiger partial charge in [-0.3, -0.25) is 0 Å². The Hall–Kier alpha value is -0.570. The van der Waals surface area contributed by atoms with Crippen molar-refractivity contribution in [3.63, 3.8) is 0 Å². The van der Waals surface area contributed by atoms with Gasteiger partial charge in [-0.1, -0.05) is 36.7 Å². The van der Waals surface area contributed by atoms with Gasteiger partial charge in [-0.15, -0.1) is 0 Å². The van der Waals surface area contributed by atoms with Crippen LogP contribution >= 0.6 is 11.6 Å². The van der Waals surface area contributed by atoms with E-state index < -0.39 is 5.60 Å². The van der Waals surface area contributed by atoms with E-state index in [0.29, 0.717) is 24.5 Å². The van der Waals surface area contributed by atoms with E-state index in [-0.39, 0.29) is 0 Å². The van der Waals surface area contributed by atoms with E-state index in [0.717, 1.165) is 5.56 Å². The lowest BCUT2D eigenvalue weighted by atomic mass is 9.93. The zero-order valence-electron chi connectivity index (χ0n) is 9.16. The molecule has 0 saturated carbocycles. The Kier molecular flexibility index (Phi) is 4.58. The third-order valence-electron chi connectivity index (χ3n) is 2.55. The van der Waals surface area contributed by atoms with Crippen LogP contribution in [0.3, 0.4) is 0 Å². The minimum absolute atomic E-state index is 0.328. The first-order valence-corrected chi connectivity index (χ1v) is 5.44. The monoisotopic (exact) mass is 228 g/mol. The highest BCUT2D eigenvalue weighted by Crippen LogP contribution is 2.23. The summed E-state index contributed by atoms with van der Waals surface area (Å²) in [7, 11) is 1.59. The van der Waals surface area contributed by atoms with Crippen molar-refractivity contribution in [1.82, 2.24) is 0 Å². The third kappa shape index (κ3) is 3.49. The molecule has 0 aliphatic carbocycles. The highest BCUT2D eigenvalue weighted by Gasteiger charge is 2.25. The van der Waals surface area contributed by atoms with Crippen molar-refractivity contribution in [2.45, 2.75) is 25.4 Å². The zero-order valence-corrected chi connectivity index (χ0v) is 9.92. The molecule has 0 aliphatic rings. The molecule has 0 aromatic heterocycles. The van der Waals surface area contributed by atoms with Crippen LogP contribution in [0, 0.1) is 0 Å². The third-order valence-corrected chi connectivity index (χ3v) is 2.92. The number of hydrogen-bond donors (Lipinski definition) is 1. The van der Waals surface area contributed by atoms with Crippen LogP contribution in [0.4, 0.5) is 0 Å². The Labute approximate surface area is 95.8 Å². The van der Waals surface area contributed by atoms with Crippen molar-refractivity contribution in [1.29, 1.82) is 0 Å². The molecule has 0 aliphatic heterocycles. The number of aliphatic hydroxyl groups is 1. The predicted molar refractivity (Wildman–Crippen MR) is 62.3 cm³/mol. The largest absolute Gasteiger partial charge is 0.387 e. The SMILES string of the molecule is CCC(O)(COC)Cc1ccccc1Cl. The van der Waals surface area contributed by atoms with Crippen LogP contribution in [0.15, 0.2) is 24.3 Å². The Morgan fingerprint density at radius 3 is 2.60 bits per heavy atom. The molecule has 84 valence electrons. The average molecular weight is 229 g/mol. The maximum atomic E-state index is 10.2. The molecule has 0 radical (unpaired) electrons. The minimum Gasteiger partial charge on any atom is -0.387 e. The van der Waals surface area contributed by atoms with E-state index >= 15 is 0 Å². The standard InChI is InChI=1S/C12H17ClO2/c1-3-12(14,9-15-2)8-10-6-4-5-7-11(10)13/h4-7,14H,3,8-9H2,1-2H3. The first-order valence-electron chi connectivity index (χ1n) is 5.06. The molecular formula is C12H17ClO2. The first-order chi connectivity index (χ1) is 7.11. The van der Waals surface area contributed by atoms with Gasteiger partial charge in [-0.2, -0.15) is 0 Å². The summed E-state index contributed by atoms with van der Waals surface area (Å²) < 4.78 is 5.02. The van der Waals surface area contributed by atoms with Crippen LogP contribution in [-0.4, -0.2) is 24.4 Å². The molecule has 1 aromatic carbocycles. The molecular weight excluding hydrogens is 212 g/mol. The topological polar surface area (TPSA) is 29.5 Å². The van der Waals surface area contributed by atoms with Crippen molar-refractivity contribution in [3.05, 3.63) is 34.9 Å². The highest BCUT2D eigenvalue weighted by atomic mass is 35.5. The average Bonchev–Trinajstić information content (AvgIpc) is 2.22. The summed E-state index contributed by atoms with van der Waals surface area (Å²) in [4.78, 5) is 0. The van der Waals surface area contributed by atoms with Gasteiger partial charge in [-0.05, 0) is 18.1 Å². The molecule has 1 unspecified atom stereocenters. The summed E-state index contributed by atoms with van der Waals surface area (Å²) in [6, 6.07) is 7.57. The van der Waals surface area contributed by atoms with Crippen molar-refractivity contribution in [2.75, 3.05) is 13.7 Å². The lowest BCUT2D eigenvalue weighted by molar-refractivity contribution is -0.0333. The van der Waals surface area contributed by atoms with E-state index in [1.165, 1.54) is 0 Å². The lowest BCUT2D eigenvalue weighted by Gasteiger charge is -2.26. The van der Waals surface area contributed by atoms with E-state index in [9.17, 15) is 5.11 Å². The van der Waals surface area contributed by atoms with Crippen LogP contribution < -0.4 is 0 Å². The maximum absolute atomic E-state index is 10.2. The molecule has 15 heavy (non-hydrogen) atoms. The van der Waals surface area contributed by atoms with Gasteiger partial charge in [-0.25, -0.2) is 0 Å². The molecule has 0 fully saturated rings. The smallest absolute Gasteiger partial charge is 0.0917 e.